The van der Waals surface area contributed by atoms with Gasteiger partial charge in [-0.2, -0.15) is 0 Å². The van der Waals surface area contributed by atoms with Crippen LogP contribution in [0.5, 0.6) is 23.0 Å². The Balaban J connectivity index is 2.20. The fraction of sp³-hybridized carbons (Fsp3) is 0.667. The summed E-state index contributed by atoms with van der Waals surface area (Å²) in [4.78, 5) is 12.3. The molecule has 1 rings (SSSR count). The van der Waals surface area contributed by atoms with E-state index in [4.69, 9.17) is 9.47 Å². The van der Waals surface area contributed by atoms with E-state index in [2.05, 4.69) is 24.4 Å². The number of methoxy groups -OCH3 is 2. The molecular weight excluding hydrogens is 418 g/mol. The number of rotatable bonds is 18. The molecule has 0 aromatic heterocycles. The molecule has 0 bridgehead atoms. The second-order valence-corrected chi connectivity index (χ2v) is 8.65. The fourth-order valence-corrected chi connectivity index (χ4v) is 3.88. The number of carbonyl (C=O) groups excluding carboxylic acids is 1. The van der Waals surface area contributed by atoms with E-state index < -0.39 is 0 Å². The van der Waals surface area contributed by atoms with Crippen LogP contribution in [0, 0.1) is 6.92 Å². The van der Waals surface area contributed by atoms with Gasteiger partial charge in [0, 0.05) is 12.0 Å². The van der Waals surface area contributed by atoms with Crippen LogP contribution < -0.4 is 14.8 Å². The van der Waals surface area contributed by atoms with Crippen LogP contribution in [0.25, 0.3) is 0 Å². The van der Waals surface area contributed by atoms with Crippen LogP contribution in [0.1, 0.15) is 102 Å². The van der Waals surface area contributed by atoms with Crippen LogP contribution in [0.3, 0.4) is 0 Å². The van der Waals surface area contributed by atoms with Gasteiger partial charge in [0.2, 0.25) is 17.4 Å². The molecule has 0 saturated heterocycles. The Kier molecular flexibility index (Phi) is 14.9. The molecule has 0 atom stereocenters. The smallest absolute Gasteiger partial charge is 0.224 e. The third kappa shape index (κ3) is 10.4. The van der Waals surface area contributed by atoms with Gasteiger partial charge in [0.05, 0.1) is 19.9 Å². The average molecular weight is 464 g/mol. The van der Waals surface area contributed by atoms with Crippen LogP contribution in [-0.4, -0.2) is 30.3 Å². The number of aromatic hydroxyl groups is 2. The lowest BCUT2D eigenvalue weighted by Gasteiger charge is -2.18. The number of allylic oxidation sites excluding steroid dienone is 2. The number of benzene rings is 1. The lowest BCUT2D eigenvalue weighted by molar-refractivity contribution is -0.116. The van der Waals surface area contributed by atoms with Crippen LogP contribution in [0.2, 0.25) is 0 Å². The molecule has 0 heterocycles. The Morgan fingerprint density at radius 3 is 1.82 bits per heavy atom. The summed E-state index contributed by atoms with van der Waals surface area (Å²) in [6, 6.07) is 0. The standard InChI is InChI=1S/C27H45NO5/c1-5-6-7-8-9-10-11-12-13-14-15-16-17-18-19-20-22(29)28-23-21(2)24(30)26(32-3)27(33-4)25(23)31/h12-13,30-31H,5-11,14-20H2,1-4H3,(H,28,29). The molecule has 0 spiro atoms. The highest BCUT2D eigenvalue weighted by Crippen LogP contribution is 2.50. The van der Waals surface area contributed by atoms with Crippen molar-refractivity contribution in [3.63, 3.8) is 0 Å². The second-order valence-electron chi connectivity index (χ2n) is 8.65. The summed E-state index contributed by atoms with van der Waals surface area (Å²) in [5, 5.41) is 23.4. The molecule has 0 unspecified atom stereocenters. The van der Waals surface area contributed by atoms with Gasteiger partial charge in [-0.05, 0) is 39.0 Å². The largest absolute Gasteiger partial charge is 0.504 e. The Morgan fingerprint density at radius 1 is 0.788 bits per heavy atom. The minimum Gasteiger partial charge on any atom is -0.504 e. The van der Waals surface area contributed by atoms with E-state index in [9.17, 15) is 15.0 Å². The molecule has 0 saturated carbocycles. The monoisotopic (exact) mass is 463 g/mol. The lowest BCUT2D eigenvalue weighted by Crippen LogP contribution is -2.13. The number of carbonyl (C=O) groups is 1. The Bertz CT molecular complexity index is 730. The fourth-order valence-electron chi connectivity index (χ4n) is 3.88. The average Bonchev–Trinajstić information content (AvgIpc) is 2.81. The molecule has 1 aromatic rings. The van der Waals surface area contributed by atoms with Crippen molar-refractivity contribution in [1.29, 1.82) is 0 Å². The van der Waals surface area contributed by atoms with E-state index in [1.807, 2.05) is 0 Å². The summed E-state index contributed by atoms with van der Waals surface area (Å²) in [6.07, 6.45) is 20.7. The van der Waals surface area contributed by atoms with Gasteiger partial charge < -0.3 is 25.0 Å². The van der Waals surface area contributed by atoms with Gasteiger partial charge in [-0.1, -0.05) is 70.4 Å². The minimum absolute atomic E-state index is 0.00285. The van der Waals surface area contributed by atoms with Crippen molar-refractivity contribution in [1.82, 2.24) is 0 Å². The highest BCUT2D eigenvalue weighted by Gasteiger charge is 2.24. The van der Waals surface area contributed by atoms with E-state index in [0.29, 0.717) is 12.0 Å². The van der Waals surface area contributed by atoms with Crippen molar-refractivity contribution in [3.8, 4) is 23.0 Å². The highest BCUT2D eigenvalue weighted by atomic mass is 16.5. The van der Waals surface area contributed by atoms with E-state index in [1.165, 1.54) is 72.0 Å². The SMILES string of the molecule is CCCCCCCCC=CCCCCCCCC(=O)Nc1c(C)c(O)c(OC)c(OC)c1O. The summed E-state index contributed by atoms with van der Waals surface area (Å²) in [5.41, 5.74) is 0.492. The zero-order valence-electron chi connectivity index (χ0n) is 21.2. The molecule has 6 heteroatoms. The number of ether oxygens (including phenoxy) is 2. The Hall–Kier alpha value is -2.37. The molecule has 1 aromatic carbocycles. The molecule has 0 aliphatic heterocycles. The van der Waals surface area contributed by atoms with Crippen molar-refractivity contribution in [2.45, 2.75) is 104 Å². The number of hydrogen-bond donors (Lipinski definition) is 3. The molecule has 3 N–H and O–H groups in total. The first-order valence-electron chi connectivity index (χ1n) is 12.6. The molecule has 6 nitrogen and oxygen atoms in total. The molecule has 0 radical (unpaired) electrons. The van der Waals surface area contributed by atoms with E-state index in [-0.39, 0.29) is 34.6 Å². The van der Waals surface area contributed by atoms with Crippen molar-refractivity contribution >= 4 is 11.6 Å². The van der Waals surface area contributed by atoms with Crippen molar-refractivity contribution in [2.24, 2.45) is 0 Å². The maximum Gasteiger partial charge on any atom is 0.224 e. The number of nitrogens with one attached hydrogen (secondary N) is 1. The predicted octanol–water partition coefficient (Wildman–Crippen LogP) is 7.40. The van der Waals surface area contributed by atoms with E-state index in [0.717, 1.165) is 25.7 Å². The Labute approximate surface area is 200 Å². The first kappa shape index (κ1) is 28.7. The number of phenolic OH excluding ortho intramolecular Hbond substituents is 2. The van der Waals surface area contributed by atoms with Crippen LogP contribution in [-0.2, 0) is 4.79 Å². The molecule has 0 aliphatic carbocycles. The third-order valence-corrected chi connectivity index (χ3v) is 5.94. The summed E-state index contributed by atoms with van der Waals surface area (Å²) in [6.45, 7) is 3.86. The zero-order chi connectivity index (χ0) is 24.5. The number of hydrogen-bond acceptors (Lipinski definition) is 5. The van der Waals surface area contributed by atoms with Gasteiger partial charge in [0.25, 0.3) is 0 Å². The van der Waals surface area contributed by atoms with Crippen LogP contribution in [0.15, 0.2) is 12.2 Å². The first-order valence-corrected chi connectivity index (χ1v) is 12.6. The summed E-state index contributed by atoms with van der Waals surface area (Å²) in [7, 11) is 2.74. The van der Waals surface area contributed by atoms with E-state index in [1.54, 1.807) is 6.92 Å². The van der Waals surface area contributed by atoms with Crippen molar-refractivity contribution in [2.75, 3.05) is 19.5 Å². The Morgan fingerprint density at radius 2 is 1.27 bits per heavy atom. The van der Waals surface area contributed by atoms with Gasteiger partial charge in [-0.15, -0.1) is 0 Å². The van der Waals surface area contributed by atoms with Crippen LogP contribution >= 0.6 is 0 Å². The zero-order valence-corrected chi connectivity index (χ0v) is 21.2. The first-order chi connectivity index (χ1) is 16.0. The third-order valence-electron chi connectivity index (χ3n) is 5.94. The van der Waals surface area contributed by atoms with Gasteiger partial charge in [0.1, 0.15) is 0 Å². The van der Waals surface area contributed by atoms with Gasteiger partial charge >= 0.3 is 0 Å². The maximum atomic E-state index is 12.3. The molecular formula is C27H45NO5. The lowest BCUT2D eigenvalue weighted by atomic mass is 10.1. The number of phenols is 2. The van der Waals surface area contributed by atoms with Crippen molar-refractivity contribution < 1.29 is 24.5 Å². The minimum atomic E-state index is -0.248. The topological polar surface area (TPSA) is 88.0 Å². The molecule has 188 valence electrons. The quantitative estimate of drug-likeness (QED) is 0.0913. The van der Waals surface area contributed by atoms with E-state index >= 15 is 0 Å². The van der Waals surface area contributed by atoms with Gasteiger partial charge in [-0.3, -0.25) is 4.79 Å². The summed E-state index contributed by atoms with van der Waals surface area (Å²) >= 11 is 0. The normalized spacial score (nSPS) is 11.2. The van der Waals surface area contributed by atoms with Gasteiger partial charge in [-0.25, -0.2) is 0 Å². The van der Waals surface area contributed by atoms with Gasteiger partial charge in [0.15, 0.2) is 11.5 Å². The van der Waals surface area contributed by atoms with Crippen LogP contribution in [0.4, 0.5) is 5.69 Å². The molecule has 33 heavy (non-hydrogen) atoms. The highest BCUT2D eigenvalue weighted by molar-refractivity contribution is 5.95. The van der Waals surface area contributed by atoms with Crippen molar-refractivity contribution in [3.05, 3.63) is 17.7 Å². The summed E-state index contributed by atoms with van der Waals surface area (Å²) in [5.74, 6) is -0.566. The number of anilines is 1. The molecule has 0 fully saturated rings. The molecule has 1 amide bonds. The number of unbranched alkanes of at least 4 members (excludes halogenated alkanes) is 11. The maximum absolute atomic E-state index is 12.3. The second kappa shape index (κ2) is 17.2. The summed E-state index contributed by atoms with van der Waals surface area (Å²) < 4.78 is 10.2. The molecule has 0 aliphatic rings. The number of amides is 1. The predicted molar refractivity (Wildman–Crippen MR) is 136 cm³/mol.